The largest absolute Gasteiger partial charge is 0.476 e. The number of rotatable bonds is 2. The third-order valence-corrected chi connectivity index (χ3v) is 2.73. The molecule has 1 aromatic heterocycles. The lowest BCUT2D eigenvalue weighted by atomic mass is 10.3. The Labute approximate surface area is 102 Å². The van der Waals surface area contributed by atoms with Gasteiger partial charge in [-0.1, -0.05) is 0 Å². The number of carboxylic acid groups (broad SMARTS) is 2. The average molecular weight is 252 g/mol. The Hall–Kier alpha value is -2.38. The van der Waals surface area contributed by atoms with E-state index in [4.69, 9.17) is 10.2 Å². The molecule has 0 atom stereocenters. The number of carbonyl (C=O) groups is 2. The van der Waals surface area contributed by atoms with E-state index < -0.39 is 12.1 Å². The van der Waals surface area contributed by atoms with Crippen molar-refractivity contribution >= 4 is 17.9 Å². The van der Waals surface area contributed by atoms with Gasteiger partial charge in [0, 0.05) is 26.2 Å². The number of amides is 1. The number of nitrogens with zero attached hydrogens (tertiary/aromatic N) is 4. The number of anilines is 1. The Kier molecular flexibility index (Phi) is 3.26. The summed E-state index contributed by atoms with van der Waals surface area (Å²) < 4.78 is 0. The maximum Gasteiger partial charge on any atom is 0.407 e. The van der Waals surface area contributed by atoms with Crippen molar-refractivity contribution in [2.75, 3.05) is 31.1 Å². The second-order valence-electron chi connectivity index (χ2n) is 3.82. The second kappa shape index (κ2) is 4.86. The van der Waals surface area contributed by atoms with Gasteiger partial charge < -0.3 is 20.0 Å². The van der Waals surface area contributed by atoms with Gasteiger partial charge in [0.2, 0.25) is 0 Å². The molecule has 8 heteroatoms. The fourth-order valence-electron chi connectivity index (χ4n) is 1.72. The van der Waals surface area contributed by atoms with Crippen molar-refractivity contribution in [1.29, 1.82) is 0 Å². The lowest BCUT2D eigenvalue weighted by Gasteiger charge is -2.33. The zero-order chi connectivity index (χ0) is 13.1. The average Bonchev–Trinajstić information content (AvgIpc) is 2.39. The predicted octanol–water partition coefficient (Wildman–Crippen LogP) is -0.0252. The number of piperazine rings is 1. The molecule has 1 aliphatic heterocycles. The van der Waals surface area contributed by atoms with Crippen LogP contribution in [0.25, 0.3) is 0 Å². The molecule has 0 bridgehead atoms. The standard InChI is InChI=1S/C10H12N4O4/c15-9(16)7-5-12-8(6-11-7)13-1-3-14(4-2-13)10(17)18/h5-6H,1-4H2,(H,15,16)(H,17,18). The molecule has 2 heterocycles. The molecule has 0 spiro atoms. The number of hydrogen-bond donors (Lipinski definition) is 2. The van der Waals surface area contributed by atoms with Gasteiger partial charge in [-0.05, 0) is 0 Å². The van der Waals surface area contributed by atoms with Gasteiger partial charge in [-0.25, -0.2) is 19.6 Å². The molecule has 1 aromatic rings. The van der Waals surface area contributed by atoms with Gasteiger partial charge in [-0.2, -0.15) is 0 Å². The maximum absolute atomic E-state index is 10.7. The van der Waals surface area contributed by atoms with Crippen molar-refractivity contribution < 1.29 is 19.8 Å². The van der Waals surface area contributed by atoms with Crippen LogP contribution in [-0.2, 0) is 0 Å². The monoisotopic (exact) mass is 252 g/mol. The van der Waals surface area contributed by atoms with Crippen molar-refractivity contribution in [3.05, 3.63) is 18.1 Å². The summed E-state index contributed by atoms with van der Waals surface area (Å²) in [4.78, 5) is 32.3. The SMILES string of the molecule is O=C(O)c1cnc(N2CCN(C(=O)O)CC2)cn1. The molecule has 1 fully saturated rings. The Balaban J connectivity index is 2.01. The molecule has 2 N–H and O–H groups in total. The molecule has 18 heavy (non-hydrogen) atoms. The molecule has 1 saturated heterocycles. The fraction of sp³-hybridized carbons (Fsp3) is 0.400. The number of aromatic nitrogens is 2. The zero-order valence-corrected chi connectivity index (χ0v) is 9.48. The van der Waals surface area contributed by atoms with Crippen LogP contribution in [0.5, 0.6) is 0 Å². The smallest absolute Gasteiger partial charge is 0.407 e. The Morgan fingerprint density at radius 3 is 2.17 bits per heavy atom. The van der Waals surface area contributed by atoms with E-state index in [1.165, 1.54) is 17.3 Å². The molecular formula is C10H12N4O4. The Morgan fingerprint density at radius 1 is 1.06 bits per heavy atom. The molecule has 0 saturated carbocycles. The summed E-state index contributed by atoms with van der Waals surface area (Å²) in [6.07, 6.45) is 1.66. The highest BCUT2D eigenvalue weighted by molar-refractivity contribution is 5.84. The normalized spacial score (nSPS) is 15.6. The third kappa shape index (κ3) is 2.47. The van der Waals surface area contributed by atoms with Gasteiger partial charge in [0.05, 0.1) is 12.4 Å². The van der Waals surface area contributed by atoms with E-state index in [-0.39, 0.29) is 5.69 Å². The highest BCUT2D eigenvalue weighted by atomic mass is 16.4. The van der Waals surface area contributed by atoms with E-state index in [0.717, 1.165) is 0 Å². The molecule has 2 rings (SSSR count). The van der Waals surface area contributed by atoms with Crippen molar-refractivity contribution in [3.8, 4) is 0 Å². The quantitative estimate of drug-likeness (QED) is 0.761. The molecule has 1 aliphatic rings. The summed E-state index contributed by atoms with van der Waals surface area (Å²) in [5.41, 5.74) is -0.108. The Bertz CT molecular complexity index is 453. The zero-order valence-electron chi connectivity index (χ0n) is 9.48. The topological polar surface area (TPSA) is 107 Å². The van der Waals surface area contributed by atoms with Gasteiger partial charge in [0.15, 0.2) is 5.69 Å². The molecule has 0 radical (unpaired) electrons. The van der Waals surface area contributed by atoms with Crippen LogP contribution < -0.4 is 4.90 Å². The highest BCUT2D eigenvalue weighted by Gasteiger charge is 2.21. The molecule has 96 valence electrons. The highest BCUT2D eigenvalue weighted by Crippen LogP contribution is 2.12. The van der Waals surface area contributed by atoms with E-state index in [9.17, 15) is 9.59 Å². The van der Waals surface area contributed by atoms with Gasteiger partial charge in [0.25, 0.3) is 0 Å². The van der Waals surface area contributed by atoms with E-state index in [1.54, 1.807) is 0 Å². The minimum Gasteiger partial charge on any atom is -0.476 e. The van der Waals surface area contributed by atoms with Gasteiger partial charge >= 0.3 is 12.1 Å². The summed E-state index contributed by atoms with van der Waals surface area (Å²) in [5.74, 6) is -0.560. The van der Waals surface area contributed by atoms with Crippen LogP contribution >= 0.6 is 0 Å². The summed E-state index contributed by atoms with van der Waals surface area (Å²) in [6.45, 7) is 1.84. The first-order valence-corrected chi connectivity index (χ1v) is 5.36. The third-order valence-electron chi connectivity index (χ3n) is 2.73. The molecule has 0 aliphatic carbocycles. The van der Waals surface area contributed by atoms with Crippen LogP contribution in [0.4, 0.5) is 10.6 Å². The van der Waals surface area contributed by atoms with Crippen LogP contribution in [0.1, 0.15) is 10.5 Å². The molecular weight excluding hydrogens is 240 g/mol. The van der Waals surface area contributed by atoms with Crippen LogP contribution in [0.15, 0.2) is 12.4 Å². The van der Waals surface area contributed by atoms with Gasteiger partial charge in [-0.15, -0.1) is 0 Å². The van der Waals surface area contributed by atoms with E-state index in [0.29, 0.717) is 32.0 Å². The first-order chi connectivity index (χ1) is 8.58. The van der Waals surface area contributed by atoms with Gasteiger partial charge in [0.1, 0.15) is 5.82 Å². The Morgan fingerprint density at radius 2 is 1.72 bits per heavy atom. The minimum absolute atomic E-state index is 0.108. The molecule has 0 unspecified atom stereocenters. The summed E-state index contributed by atoms with van der Waals surface area (Å²) >= 11 is 0. The minimum atomic E-state index is -1.12. The van der Waals surface area contributed by atoms with Crippen molar-refractivity contribution in [2.45, 2.75) is 0 Å². The summed E-state index contributed by atoms with van der Waals surface area (Å²) in [5, 5.41) is 17.5. The second-order valence-corrected chi connectivity index (χ2v) is 3.82. The van der Waals surface area contributed by atoms with Gasteiger partial charge in [-0.3, -0.25) is 0 Å². The lowest BCUT2D eigenvalue weighted by Crippen LogP contribution is -2.48. The van der Waals surface area contributed by atoms with Crippen LogP contribution in [0, 0.1) is 0 Å². The van der Waals surface area contributed by atoms with Crippen LogP contribution in [0.2, 0.25) is 0 Å². The van der Waals surface area contributed by atoms with Crippen molar-refractivity contribution in [2.24, 2.45) is 0 Å². The lowest BCUT2D eigenvalue weighted by molar-refractivity contribution is 0.0690. The molecule has 1 amide bonds. The van der Waals surface area contributed by atoms with Crippen molar-refractivity contribution in [3.63, 3.8) is 0 Å². The van der Waals surface area contributed by atoms with E-state index >= 15 is 0 Å². The number of hydrogen-bond acceptors (Lipinski definition) is 5. The summed E-state index contributed by atoms with van der Waals surface area (Å²) in [6, 6.07) is 0. The van der Waals surface area contributed by atoms with E-state index in [2.05, 4.69) is 9.97 Å². The predicted molar refractivity (Wildman–Crippen MR) is 60.8 cm³/mol. The number of aromatic carboxylic acids is 1. The van der Waals surface area contributed by atoms with Crippen LogP contribution in [-0.4, -0.2) is 63.3 Å². The maximum atomic E-state index is 10.7. The molecule has 0 aromatic carbocycles. The summed E-state index contributed by atoms with van der Waals surface area (Å²) in [7, 11) is 0. The van der Waals surface area contributed by atoms with Crippen molar-refractivity contribution in [1.82, 2.24) is 14.9 Å². The first-order valence-electron chi connectivity index (χ1n) is 5.36. The molecule has 8 nitrogen and oxygen atoms in total. The first kappa shape index (κ1) is 12.1. The van der Waals surface area contributed by atoms with Crippen LogP contribution in [0.3, 0.4) is 0 Å². The van der Waals surface area contributed by atoms with E-state index in [1.807, 2.05) is 4.90 Å². The number of carboxylic acids is 1. The fourth-order valence-corrected chi connectivity index (χ4v) is 1.72.